The highest BCUT2D eigenvalue weighted by Crippen LogP contribution is 2.67. The van der Waals surface area contributed by atoms with Crippen LogP contribution in [-0.4, -0.2) is 17.1 Å². The summed E-state index contributed by atoms with van der Waals surface area (Å²) < 4.78 is 0. The minimum Gasteiger partial charge on any atom is -0.376 e. The van der Waals surface area contributed by atoms with Crippen molar-refractivity contribution in [2.45, 2.75) is 75.3 Å². The fourth-order valence-corrected chi connectivity index (χ4v) is 8.32. The van der Waals surface area contributed by atoms with Gasteiger partial charge >= 0.3 is 0 Å². The first-order chi connectivity index (χ1) is 16.1. The molecule has 0 radical (unpaired) electrons. The van der Waals surface area contributed by atoms with Crippen LogP contribution < -0.4 is 11.1 Å². The van der Waals surface area contributed by atoms with Gasteiger partial charge in [-0.3, -0.25) is 0 Å². The minimum atomic E-state index is 0.143. The topological polar surface area (TPSA) is 38.0 Å². The summed E-state index contributed by atoms with van der Waals surface area (Å²) in [5.41, 5.74) is 11.2. The standard InChI is InChI=1S/C30H36N2S/c31-25-11-13-26(14-12-25)32-28(33)30-18-22-16-29(20-30,24-9-5-2-6-10-24)17-23(19-30)27(22)15-21-7-3-1-4-8-21/h1-10,15,22-23,25-26H,11-14,16-20,31H2,(H,32,33). The molecule has 172 valence electrons. The van der Waals surface area contributed by atoms with Gasteiger partial charge in [0.25, 0.3) is 0 Å². The average Bonchev–Trinajstić information content (AvgIpc) is 2.84. The summed E-state index contributed by atoms with van der Waals surface area (Å²) in [5, 5.41) is 3.89. The van der Waals surface area contributed by atoms with Crippen LogP contribution in [0.1, 0.15) is 68.9 Å². The second kappa shape index (κ2) is 8.36. The molecule has 2 unspecified atom stereocenters. The van der Waals surface area contributed by atoms with E-state index in [4.69, 9.17) is 18.0 Å². The summed E-state index contributed by atoms with van der Waals surface area (Å²) in [7, 11) is 0. The molecule has 2 atom stereocenters. The van der Waals surface area contributed by atoms with Crippen molar-refractivity contribution in [2.24, 2.45) is 23.0 Å². The van der Waals surface area contributed by atoms with Crippen LogP contribution in [0.15, 0.2) is 66.2 Å². The Morgan fingerprint density at radius 2 is 1.45 bits per heavy atom. The SMILES string of the molecule is NC1CCC(NC(=S)C23CC4CC(c5ccccc5)(CC(C2)C4=Cc2ccccc2)C3)CC1. The van der Waals surface area contributed by atoms with Crippen molar-refractivity contribution in [3.05, 3.63) is 77.4 Å². The first kappa shape index (κ1) is 21.6. The summed E-state index contributed by atoms with van der Waals surface area (Å²) >= 11 is 6.26. The van der Waals surface area contributed by atoms with Crippen LogP contribution in [0.25, 0.3) is 6.08 Å². The monoisotopic (exact) mass is 456 g/mol. The van der Waals surface area contributed by atoms with Gasteiger partial charge in [0, 0.05) is 17.5 Å². The lowest BCUT2D eigenvalue weighted by Crippen LogP contribution is -2.60. The van der Waals surface area contributed by atoms with Crippen molar-refractivity contribution in [1.82, 2.24) is 5.32 Å². The van der Waals surface area contributed by atoms with Crippen LogP contribution in [0.3, 0.4) is 0 Å². The van der Waals surface area contributed by atoms with Gasteiger partial charge in [-0.15, -0.1) is 0 Å². The van der Waals surface area contributed by atoms with Crippen molar-refractivity contribution in [1.29, 1.82) is 0 Å². The highest BCUT2D eigenvalue weighted by atomic mass is 32.1. The summed E-state index contributed by atoms with van der Waals surface area (Å²) in [4.78, 5) is 1.16. The summed E-state index contributed by atoms with van der Waals surface area (Å²) in [6.45, 7) is 0. The number of benzene rings is 2. The lowest BCUT2D eigenvalue weighted by atomic mass is 9.41. The molecule has 5 saturated carbocycles. The maximum Gasteiger partial charge on any atom is 0.0818 e. The van der Waals surface area contributed by atoms with E-state index in [0.29, 0.717) is 23.9 Å². The molecule has 0 amide bonds. The Morgan fingerprint density at radius 1 is 0.848 bits per heavy atom. The highest BCUT2D eigenvalue weighted by molar-refractivity contribution is 7.80. The Kier molecular flexibility index (Phi) is 5.46. The zero-order chi connectivity index (χ0) is 22.5. The molecule has 5 aliphatic rings. The predicted octanol–water partition coefficient (Wildman–Crippen LogP) is 6.41. The highest BCUT2D eigenvalue weighted by Gasteiger charge is 2.61. The van der Waals surface area contributed by atoms with Crippen LogP contribution in [0.2, 0.25) is 0 Å². The number of nitrogens with two attached hydrogens (primary N) is 1. The van der Waals surface area contributed by atoms with Crippen molar-refractivity contribution in [2.75, 3.05) is 0 Å². The van der Waals surface area contributed by atoms with Crippen molar-refractivity contribution in [3.8, 4) is 0 Å². The molecule has 3 N–H and O–H groups in total. The summed E-state index contributed by atoms with van der Waals surface area (Å²) in [6, 6.07) is 23.2. The van der Waals surface area contributed by atoms with Crippen LogP contribution in [-0.2, 0) is 5.41 Å². The number of allylic oxidation sites excluding steroid dienone is 1. The smallest absolute Gasteiger partial charge is 0.0818 e. The molecule has 2 aromatic rings. The van der Waals surface area contributed by atoms with Crippen molar-refractivity contribution >= 4 is 23.3 Å². The molecule has 7 rings (SSSR count). The van der Waals surface area contributed by atoms with Crippen LogP contribution in [0.4, 0.5) is 0 Å². The van der Waals surface area contributed by atoms with Gasteiger partial charge in [-0.25, -0.2) is 0 Å². The number of hydrogen-bond acceptors (Lipinski definition) is 2. The maximum atomic E-state index is 6.26. The molecule has 3 heteroatoms. The lowest BCUT2D eigenvalue weighted by molar-refractivity contribution is 0.00672. The van der Waals surface area contributed by atoms with E-state index in [9.17, 15) is 0 Å². The van der Waals surface area contributed by atoms with E-state index in [0.717, 1.165) is 30.7 Å². The molecular formula is C30H36N2S. The van der Waals surface area contributed by atoms with E-state index in [1.54, 1.807) is 5.57 Å². The van der Waals surface area contributed by atoms with Gasteiger partial charge in [0.05, 0.1) is 4.99 Å². The zero-order valence-corrected chi connectivity index (χ0v) is 20.3. The number of rotatable bonds is 4. The van der Waals surface area contributed by atoms with E-state index < -0.39 is 0 Å². The second-order valence-electron chi connectivity index (χ2n) is 11.5. The summed E-state index contributed by atoms with van der Waals surface area (Å²) in [6.07, 6.45) is 13.3. The normalized spacial score (nSPS) is 37.1. The Balaban J connectivity index is 1.33. The Morgan fingerprint density at radius 3 is 2.09 bits per heavy atom. The van der Waals surface area contributed by atoms with Gasteiger partial charge in [0.1, 0.15) is 0 Å². The van der Waals surface area contributed by atoms with Gasteiger partial charge in [-0.1, -0.05) is 84.5 Å². The molecule has 2 nitrogen and oxygen atoms in total. The third-order valence-electron chi connectivity index (χ3n) is 9.28. The maximum absolute atomic E-state index is 6.26. The lowest BCUT2D eigenvalue weighted by Gasteiger charge is -2.63. The third-order valence-corrected chi connectivity index (χ3v) is 9.83. The number of nitrogens with one attached hydrogen (secondary N) is 1. The van der Waals surface area contributed by atoms with Crippen molar-refractivity contribution in [3.63, 3.8) is 0 Å². The number of hydrogen-bond donors (Lipinski definition) is 2. The Hall–Kier alpha value is -1.97. The first-order valence-corrected chi connectivity index (χ1v) is 13.3. The molecule has 0 aromatic heterocycles. The Bertz CT molecular complexity index is 1020. The quantitative estimate of drug-likeness (QED) is 0.523. The molecule has 0 saturated heterocycles. The van der Waals surface area contributed by atoms with Crippen LogP contribution in [0, 0.1) is 17.3 Å². The fourth-order valence-electron chi connectivity index (χ4n) is 7.91. The van der Waals surface area contributed by atoms with E-state index in [-0.39, 0.29) is 10.8 Å². The van der Waals surface area contributed by atoms with E-state index >= 15 is 0 Å². The predicted molar refractivity (Wildman–Crippen MR) is 141 cm³/mol. The largest absolute Gasteiger partial charge is 0.376 e. The molecule has 5 fully saturated rings. The van der Waals surface area contributed by atoms with Crippen LogP contribution in [0.5, 0.6) is 0 Å². The average molecular weight is 457 g/mol. The molecule has 2 aromatic carbocycles. The third kappa shape index (κ3) is 3.88. The molecule has 0 heterocycles. The zero-order valence-electron chi connectivity index (χ0n) is 19.5. The van der Waals surface area contributed by atoms with Gasteiger partial charge in [-0.05, 0) is 86.2 Å². The van der Waals surface area contributed by atoms with Gasteiger partial charge in [-0.2, -0.15) is 0 Å². The van der Waals surface area contributed by atoms with E-state index in [1.807, 2.05) is 0 Å². The Labute approximate surface area is 204 Å². The van der Waals surface area contributed by atoms with Gasteiger partial charge in [0.15, 0.2) is 0 Å². The summed E-state index contributed by atoms with van der Waals surface area (Å²) in [5.74, 6) is 1.26. The molecule has 0 aliphatic heterocycles. The van der Waals surface area contributed by atoms with Gasteiger partial charge < -0.3 is 11.1 Å². The van der Waals surface area contributed by atoms with E-state index in [1.165, 1.54) is 43.2 Å². The second-order valence-corrected chi connectivity index (χ2v) is 11.9. The van der Waals surface area contributed by atoms with Crippen molar-refractivity contribution < 1.29 is 0 Å². The molecular weight excluding hydrogens is 420 g/mol. The van der Waals surface area contributed by atoms with Gasteiger partial charge in [0.2, 0.25) is 0 Å². The molecule has 33 heavy (non-hydrogen) atoms. The van der Waals surface area contributed by atoms with E-state index in [2.05, 4.69) is 72.1 Å². The fraction of sp³-hybridized carbons (Fsp3) is 0.500. The number of thiocarbonyl (C=S) groups is 1. The molecule has 5 aliphatic carbocycles. The molecule has 0 spiro atoms. The first-order valence-electron chi connectivity index (χ1n) is 12.9. The minimum absolute atomic E-state index is 0.143. The van der Waals surface area contributed by atoms with Crippen LogP contribution >= 0.6 is 12.2 Å². The molecule has 4 bridgehead atoms.